The Morgan fingerprint density at radius 2 is 1.83 bits per heavy atom. The van der Waals surface area contributed by atoms with Crippen LogP contribution in [0, 0.1) is 0 Å². The van der Waals surface area contributed by atoms with Gasteiger partial charge in [0.05, 0.1) is 6.42 Å². The van der Waals surface area contributed by atoms with Gasteiger partial charge in [0.2, 0.25) is 0 Å². The van der Waals surface area contributed by atoms with Crippen molar-refractivity contribution in [2.24, 2.45) is 0 Å². The molecule has 0 saturated carbocycles. The van der Waals surface area contributed by atoms with Gasteiger partial charge in [0, 0.05) is 17.6 Å². The Labute approximate surface area is 104 Å². The quantitative estimate of drug-likeness (QED) is 0.638. The first kappa shape index (κ1) is 12.4. The minimum absolute atomic E-state index is 0.0310. The molecule has 1 aliphatic rings. The van der Waals surface area contributed by atoms with Crippen LogP contribution in [0.4, 0.5) is 0 Å². The molecule has 1 atom stereocenters. The minimum atomic E-state index is -1.48. The maximum Gasteiger partial charge on any atom is 0.195 e. The zero-order valence-corrected chi connectivity index (χ0v) is 9.63. The summed E-state index contributed by atoms with van der Waals surface area (Å²) < 4.78 is 0. The van der Waals surface area contributed by atoms with Crippen molar-refractivity contribution in [3.8, 4) is 0 Å². The number of allylic oxidation sites excluding steroid dienone is 1. The molecule has 1 aromatic carbocycles. The molecular weight excluding hydrogens is 232 g/mol. The smallest absolute Gasteiger partial charge is 0.195 e. The van der Waals surface area contributed by atoms with Crippen molar-refractivity contribution in [2.45, 2.75) is 18.9 Å². The van der Waals surface area contributed by atoms with E-state index in [9.17, 15) is 19.5 Å². The lowest BCUT2D eigenvalue weighted by atomic mass is 9.90. The van der Waals surface area contributed by atoms with Gasteiger partial charge in [-0.3, -0.25) is 14.4 Å². The summed E-state index contributed by atoms with van der Waals surface area (Å²) in [4.78, 5) is 34.6. The lowest BCUT2D eigenvalue weighted by Crippen LogP contribution is -2.30. The van der Waals surface area contributed by atoms with E-state index in [1.54, 1.807) is 30.3 Å². The molecule has 0 amide bonds. The van der Waals surface area contributed by atoms with Crippen molar-refractivity contribution >= 4 is 17.3 Å². The van der Waals surface area contributed by atoms with Gasteiger partial charge in [0.15, 0.2) is 11.6 Å². The molecule has 0 aliphatic heterocycles. The topological polar surface area (TPSA) is 71.4 Å². The molecule has 18 heavy (non-hydrogen) atoms. The van der Waals surface area contributed by atoms with Gasteiger partial charge in [-0.2, -0.15) is 0 Å². The molecule has 0 fully saturated rings. The Morgan fingerprint density at radius 1 is 1.17 bits per heavy atom. The number of Topliss-reactive ketones (excluding diaryl/α,β-unsaturated/α-hetero) is 3. The average Bonchev–Trinajstić information content (AvgIpc) is 2.38. The minimum Gasteiger partial charge on any atom is -0.380 e. The number of carbonyl (C=O) groups is 3. The Kier molecular flexibility index (Phi) is 3.48. The van der Waals surface area contributed by atoms with Crippen LogP contribution < -0.4 is 0 Å². The van der Waals surface area contributed by atoms with Gasteiger partial charge in [0.25, 0.3) is 0 Å². The lowest BCUT2D eigenvalue weighted by molar-refractivity contribution is -0.125. The van der Waals surface area contributed by atoms with E-state index < -0.39 is 17.7 Å². The highest BCUT2D eigenvalue weighted by Gasteiger charge is 2.29. The predicted octanol–water partition coefficient (Wildman–Crippen LogP) is 1.09. The van der Waals surface area contributed by atoms with E-state index in [4.69, 9.17) is 0 Å². The molecule has 1 aliphatic carbocycles. The van der Waals surface area contributed by atoms with Crippen molar-refractivity contribution < 1.29 is 19.5 Å². The van der Waals surface area contributed by atoms with Crippen LogP contribution in [-0.2, 0) is 9.59 Å². The van der Waals surface area contributed by atoms with Crippen LogP contribution in [-0.4, -0.2) is 28.6 Å². The number of ketones is 3. The number of aliphatic hydroxyl groups excluding tert-OH is 1. The zero-order chi connectivity index (χ0) is 13.1. The summed E-state index contributed by atoms with van der Waals surface area (Å²) in [5.41, 5.74) is 0.374. The van der Waals surface area contributed by atoms with Gasteiger partial charge >= 0.3 is 0 Å². The van der Waals surface area contributed by atoms with Crippen molar-refractivity contribution in [1.82, 2.24) is 0 Å². The summed E-state index contributed by atoms with van der Waals surface area (Å²) in [5.74, 6) is -1.18. The number of rotatable bonds is 3. The fourth-order valence-electron chi connectivity index (χ4n) is 1.86. The molecule has 4 heteroatoms. The highest BCUT2D eigenvalue weighted by Crippen LogP contribution is 2.18. The fourth-order valence-corrected chi connectivity index (χ4v) is 1.86. The molecule has 1 aromatic rings. The Balaban J connectivity index is 2.22. The normalized spacial score (nSPS) is 17.3. The number of hydrogen-bond donors (Lipinski definition) is 1. The highest BCUT2D eigenvalue weighted by atomic mass is 16.3. The first-order chi connectivity index (χ1) is 8.59. The van der Waals surface area contributed by atoms with E-state index in [1.165, 1.54) is 6.08 Å². The van der Waals surface area contributed by atoms with E-state index in [-0.39, 0.29) is 24.2 Å². The van der Waals surface area contributed by atoms with E-state index in [0.29, 0.717) is 5.56 Å². The molecule has 0 radical (unpaired) electrons. The van der Waals surface area contributed by atoms with Crippen LogP contribution in [0.25, 0.3) is 0 Å². The molecule has 0 bridgehead atoms. The summed E-state index contributed by atoms with van der Waals surface area (Å²) in [5, 5.41) is 9.90. The fraction of sp³-hybridized carbons (Fsp3) is 0.214. The van der Waals surface area contributed by atoms with E-state index in [0.717, 1.165) is 0 Å². The van der Waals surface area contributed by atoms with Crippen LogP contribution in [0.15, 0.2) is 42.0 Å². The van der Waals surface area contributed by atoms with Crippen LogP contribution in [0.3, 0.4) is 0 Å². The second-order valence-electron chi connectivity index (χ2n) is 4.14. The van der Waals surface area contributed by atoms with Gasteiger partial charge in [-0.25, -0.2) is 0 Å². The Morgan fingerprint density at radius 3 is 2.44 bits per heavy atom. The average molecular weight is 244 g/mol. The molecule has 0 saturated heterocycles. The van der Waals surface area contributed by atoms with Gasteiger partial charge in [-0.05, 0) is 0 Å². The van der Waals surface area contributed by atoms with Crippen LogP contribution in [0.2, 0.25) is 0 Å². The first-order valence-electron chi connectivity index (χ1n) is 5.62. The molecule has 92 valence electrons. The monoisotopic (exact) mass is 244 g/mol. The van der Waals surface area contributed by atoms with E-state index in [2.05, 4.69) is 0 Å². The zero-order valence-electron chi connectivity index (χ0n) is 9.63. The van der Waals surface area contributed by atoms with E-state index in [1.807, 2.05) is 0 Å². The predicted molar refractivity (Wildman–Crippen MR) is 64.1 cm³/mol. The third-order valence-corrected chi connectivity index (χ3v) is 2.83. The van der Waals surface area contributed by atoms with E-state index >= 15 is 0 Å². The summed E-state index contributed by atoms with van der Waals surface area (Å²) in [6, 6.07) is 8.27. The molecular formula is C14H12O4. The first-order valence-corrected chi connectivity index (χ1v) is 5.62. The van der Waals surface area contributed by atoms with Gasteiger partial charge < -0.3 is 5.11 Å². The molecule has 1 unspecified atom stereocenters. The van der Waals surface area contributed by atoms with Crippen LogP contribution >= 0.6 is 0 Å². The third-order valence-electron chi connectivity index (χ3n) is 2.83. The standard InChI is InChI=1S/C14H12O4/c15-10-6-7-11(12(16)8-10)14(18)13(17)9-4-2-1-3-5-9/h1-5,7,14,18H,6,8H2. The summed E-state index contributed by atoms with van der Waals surface area (Å²) >= 11 is 0. The SMILES string of the molecule is O=C1CC=C(C(O)C(=O)c2ccccc2)C(=O)C1. The second-order valence-corrected chi connectivity index (χ2v) is 4.14. The maximum absolute atomic E-state index is 11.9. The molecule has 2 rings (SSSR count). The molecule has 0 aromatic heterocycles. The number of benzene rings is 1. The summed E-state index contributed by atoms with van der Waals surface area (Å²) in [6.45, 7) is 0. The Bertz CT molecular complexity index is 528. The molecule has 0 heterocycles. The summed E-state index contributed by atoms with van der Waals surface area (Å²) in [7, 11) is 0. The number of carbonyl (C=O) groups excluding carboxylic acids is 3. The van der Waals surface area contributed by atoms with Gasteiger partial charge in [0.1, 0.15) is 11.9 Å². The van der Waals surface area contributed by atoms with Crippen LogP contribution in [0.1, 0.15) is 23.2 Å². The summed E-state index contributed by atoms with van der Waals surface area (Å²) in [6.07, 6.45) is -0.266. The second kappa shape index (κ2) is 5.06. The molecule has 1 N–H and O–H groups in total. The third kappa shape index (κ3) is 2.43. The van der Waals surface area contributed by atoms with Gasteiger partial charge in [-0.1, -0.05) is 36.4 Å². The van der Waals surface area contributed by atoms with Crippen molar-refractivity contribution in [1.29, 1.82) is 0 Å². The largest absolute Gasteiger partial charge is 0.380 e. The number of hydrogen-bond acceptors (Lipinski definition) is 4. The van der Waals surface area contributed by atoms with Crippen molar-refractivity contribution in [2.75, 3.05) is 0 Å². The van der Waals surface area contributed by atoms with Crippen molar-refractivity contribution in [3.05, 3.63) is 47.5 Å². The number of aliphatic hydroxyl groups is 1. The maximum atomic E-state index is 11.9. The molecule has 0 spiro atoms. The van der Waals surface area contributed by atoms with Crippen molar-refractivity contribution in [3.63, 3.8) is 0 Å². The van der Waals surface area contributed by atoms with Crippen LogP contribution in [0.5, 0.6) is 0 Å². The Hall–Kier alpha value is -2.07. The molecule has 4 nitrogen and oxygen atoms in total. The lowest BCUT2D eigenvalue weighted by Gasteiger charge is -2.16. The van der Waals surface area contributed by atoms with Gasteiger partial charge in [-0.15, -0.1) is 0 Å². The highest BCUT2D eigenvalue weighted by molar-refractivity contribution is 6.15.